The van der Waals surface area contributed by atoms with Gasteiger partial charge in [-0.1, -0.05) is 60.7 Å². The summed E-state index contributed by atoms with van der Waals surface area (Å²) in [6, 6.07) is 27.6. The fourth-order valence-corrected chi connectivity index (χ4v) is 5.23. The molecule has 6 N–H and O–H groups in total. The van der Waals surface area contributed by atoms with Crippen LogP contribution in [0.3, 0.4) is 0 Å². The van der Waals surface area contributed by atoms with E-state index in [1.807, 2.05) is 43.3 Å². The zero-order chi connectivity index (χ0) is 33.4. The van der Waals surface area contributed by atoms with Crippen molar-refractivity contribution in [2.24, 2.45) is 5.73 Å². The lowest BCUT2D eigenvalue weighted by Crippen LogP contribution is -2.32. The number of aromatic nitrogens is 1. The topological polar surface area (TPSA) is 139 Å². The Morgan fingerprint density at radius 3 is 2.49 bits per heavy atom. The smallest absolute Gasteiger partial charge is 0.316 e. The second-order valence-electron chi connectivity index (χ2n) is 11.3. The Morgan fingerprint density at radius 2 is 1.70 bits per heavy atom. The number of H-pyrrole nitrogens is 1. The molecule has 0 radical (unpaired) electrons. The van der Waals surface area contributed by atoms with E-state index in [-0.39, 0.29) is 35.1 Å². The van der Waals surface area contributed by atoms with E-state index < -0.39 is 24.7 Å². The molecule has 0 spiro atoms. The van der Waals surface area contributed by atoms with E-state index in [2.05, 4.69) is 15.6 Å². The first-order chi connectivity index (χ1) is 22.6. The number of alkyl halides is 2. The van der Waals surface area contributed by atoms with Crippen LogP contribution in [-0.4, -0.2) is 35.3 Å². The molecule has 1 heterocycles. The van der Waals surface area contributed by atoms with Gasteiger partial charge in [0.2, 0.25) is 5.56 Å². The van der Waals surface area contributed by atoms with Crippen LogP contribution in [0.25, 0.3) is 10.9 Å². The van der Waals surface area contributed by atoms with Crippen molar-refractivity contribution in [2.75, 3.05) is 18.5 Å². The van der Waals surface area contributed by atoms with Gasteiger partial charge in [0.15, 0.2) is 6.61 Å². The van der Waals surface area contributed by atoms with Crippen LogP contribution in [-0.2, 0) is 19.0 Å². The SMILES string of the molecule is CC(Cc1cccc(OCC(F)(F)c2cccc(NC(N)=O)c2)c1)NC[C@@H](O)c1ccc(OCc2ccccc2)c2[nH]c(=O)ccc12. The number of rotatable bonds is 14. The number of anilines is 1. The van der Waals surface area contributed by atoms with E-state index in [4.69, 9.17) is 15.2 Å². The van der Waals surface area contributed by atoms with E-state index in [0.29, 0.717) is 35.2 Å². The predicted octanol–water partition coefficient (Wildman–Crippen LogP) is 6.02. The van der Waals surface area contributed by atoms with Crippen molar-refractivity contribution in [1.29, 1.82) is 0 Å². The molecule has 0 aliphatic carbocycles. The van der Waals surface area contributed by atoms with Gasteiger partial charge >= 0.3 is 12.0 Å². The Hall–Kier alpha value is -5.26. The molecule has 5 rings (SSSR count). The number of amides is 2. The van der Waals surface area contributed by atoms with Crippen molar-refractivity contribution in [3.05, 3.63) is 136 Å². The summed E-state index contributed by atoms with van der Waals surface area (Å²) in [6.45, 7) is 1.61. The van der Waals surface area contributed by atoms with Crippen molar-refractivity contribution in [3.8, 4) is 11.5 Å². The summed E-state index contributed by atoms with van der Waals surface area (Å²) in [5.41, 5.74) is 7.65. The number of nitrogens with two attached hydrogens (primary N) is 1. The predicted molar refractivity (Wildman–Crippen MR) is 177 cm³/mol. The van der Waals surface area contributed by atoms with Gasteiger partial charge in [0.05, 0.1) is 11.6 Å². The number of aromatic amines is 1. The molecule has 0 aliphatic heterocycles. The number of primary amides is 1. The lowest BCUT2D eigenvalue weighted by molar-refractivity contribution is -0.0467. The van der Waals surface area contributed by atoms with Gasteiger partial charge in [-0.25, -0.2) is 4.79 Å². The van der Waals surface area contributed by atoms with Crippen LogP contribution in [0.1, 0.15) is 35.3 Å². The minimum absolute atomic E-state index is 0.0820. The number of ether oxygens (including phenoxy) is 2. The van der Waals surface area contributed by atoms with E-state index in [9.17, 15) is 23.5 Å². The molecule has 11 heteroatoms. The lowest BCUT2D eigenvalue weighted by atomic mass is 10.0. The maximum atomic E-state index is 14.9. The maximum absolute atomic E-state index is 14.9. The van der Waals surface area contributed by atoms with Crippen LogP contribution in [0.2, 0.25) is 0 Å². The summed E-state index contributed by atoms with van der Waals surface area (Å²) < 4.78 is 41.3. The number of hydrogen-bond acceptors (Lipinski definition) is 6. The highest BCUT2D eigenvalue weighted by molar-refractivity contribution is 5.88. The van der Waals surface area contributed by atoms with Crippen molar-refractivity contribution >= 4 is 22.6 Å². The molecule has 47 heavy (non-hydrogen) atoms. The van der Waals surface area contributed by atoms with Crippen molar-refractivity contribution in [2.45, 2.75) is 38.0 Å². The van der Waals surface area contributed by atoms with E-state index in [1.54, 1.807) is 36.4 Å². The Kier molecular flexibility index (Phi) is 10.5. The number of fused-ring (bicyclic) bond motifs is 1. The number of carbonyl (C=O) groups excluding carboxylic acids is 1. The maximum Gasteiger partial charge on any atom is 0.316 e. The van der Waals surface area contributed by atoms with Crippen LogP contribution in [0.5, 0.6) is 11.5 Å². The molecule has 0 fully saturated rings. The monoisotopic (exact) mass is 642 g/mol. The van der Waals surface area contributed by atoms with Gasteiger partial charge in [0.1, 0.15) is 18.1 Å². The molecular formula is C36H36F2N4O5. The first-order valence-corrected chi connectivity index (χ1v) is 15.1. The molecule has 1 aromatic heterocycles. The van der Waals surface area contributed by atoms with Crippen LogP contribution in [0.4, 0.5) is 19.3 Å². The molecule has 0 bridgehead atoms. The number of aliphatic hydroxyl groups is 1. The van der Waals surface area contributed by atoms with E-state index >= 15 is 0 Å². The average molecular weight is 643 g/mol. The van der Waals surface area contributed by atoms with Gasteiger partial charge in [-0.15, -0.1) is 0 Å². The average Bonchev–Trinajstić information content (AvgIpc) is 3.05. The minimum atomic E-state index is -3.32. The highest BCUT2D eigenvalue weighted by Gasteiger charge is 2.33. The largest absolute Gasteiger partial charge is 0.487 e. The fourth-order valence-electron chi connectivity index (χ4n) is 5.23. The number of urea groups is 1. The second-order valence-corrected chi connectivity index (χ2v) is 11.3. The molecule has 9 nitrogen and oxygen atoms in total. The van der Waals surface area contributed by atoms with Crippen LogP contribution in [0, 0.1) is 0 Å². The van der Waals surface area contributed by atoms with Crippen molar-refractivity contribution < 1.29 is 28.2 Å². The Balaban J connectivity index is 1.18. The number of hydrogen-bond donors (Lipinski definition) is 5. The molecule has 5 aromatic rings. The van der Waals surface area contributed by atoms with Crippen LogP contribution in [0.15, 0.2) is 108 Å². The van der Waals surface area contributed by atoms with Gasteiger partial charge in [-0.05, 0) is 66.4 Å². The highest BCUT2D eigenvalue weighted by atomic mass is 19.3. The normalized spacial score (nSPS) is 12.8. The van der Waals surface area contributed by atoms with Crippen LogP contribution >= 0.6 is 0 Å². The quantitative estimate of drug-likeness (QED) is 0.100. The highest BCUT2D eigenvalue weighted by Crippen LogP contribution is 2.32. The standard InChI is InChI=1S/C36H36F2N4O5/c1-23(17-25-9-5-12-28(18-25)47-22-36(37,38)26-10-6-11-27(19-26)41-35(39)45)40-20-31(43)29-13-15-32(34-30(29)14-16-33(44)42-34)46-21-24-7-3-2-4-8-24/h2-16,18-19,23,31,40,43H,17,20-22H2,1H3,(H,42,44)(H3,39,41,45)/t23?,31-/m1/s1. The molecule has 2 atom stereocenters. The number of halogens is 2. The van der Waals surface area contributed by atoms with Gasteiger partial charge in [-0.3, -0.25) is 4.79 Å². The van der Waals surface area contributed by atoms with Crippen LogP contribution < -0.4 is 31.4 Å². The zero-order valence-electron chi connectivity index (χ0n) is 25.7. The number of benzene rings is 4. The third-order valence-electron chi connectivity index (χ3n) is 7.56. The minimum Gasteiger partial charge on any atom is -0.487 e. The zero-order valence-corrected chi connectivity index (χ0v) is 25.7. The summed E-state index contributed by atoms with van der Waals surface area (Å²) in [4.78, 5) is 26.1. The Labute approximate surface area is 270 Å². The van der Waals surface area contributed by atoms with Gasteiger partial charge < -0.3 is 35.9 Å². The third kappa shape index (κ3) is 8.93. The number of pyridine rings is 1. The third-order valence-corrected chi connectivity index (χ3v) is 7.56. The summed E-state index contributed by atoms with van der Waals surface area (Å²) in [6.07, 6.45) is -0.343. The Bertz CT molecular complexity index is 1880. The summed E-state index contributed by atoms with van der Waals surface area (Å²) >= 11 is 0. The van der Waals surface area contributed by atoms with Gasteiger partial charge in [0.25, 0.3) is 0 Å². The van der Waals surface area contributed by atoms with Crippen molar-refractivity contribution in [1.82, 2.24) is 10.3 Å². The summed E-state index contributed by atoms with van der Waals surface area (Å²) in [5, 5.41) is 17.4. The van der Waals surface area contributed by atoms with Gasteiger partial charge in [0, 0.05) is 35.3 Å². The molecule has 4 aromatic carbocycles. The summed E-state index contributed by atoms with van der Waals surface area (Å²) in [5.74, 6) is -2.53. The first-order valence-electron chi connectivity index (χ1n) is 15.1. The molecule has 0 saturated heterocycles. The van der Waals surface area contributed by atoms with Gasteiger partial charge in [-0.2, -0.15) is 8.78 Å². The second kappa shape index (κ2) is 14.9. The molecule has 0 aliphatic rings. The molecule has 0 saturated carbocycles. The molecule has 2 amide bonds. The fraction of sp³-hybridized carbons (Fsp3) is 0.222. The molecule has 1 unspecified atom stereocenters. The molecule has 244 valence electrons. The first kappa shape index (κ1) is 33.1. The number of carbonyl (C=O) groups is 1. The number of nitrogens with one attached hydrogen (secondary N) is 3. The molecular weight excluding hydrogens is 606 g/mol. The van der Waals surface area contributed by atoms with Crippen molar-refractivity contribution in [3.63, 3.8) is 0 Å². The summed E-state index contributed by atoms with van der Waals surface area (Å²) in [7, 11) is 0. The van der Waals surface area contributed by atoms with E-state index in [0.717, 1.165) is 17.2 Å². The Morgan fingerprint density at radius 1 is 0.936 bits per heavy atom. The number of aliphatic hydroxyl groups excluding tert-OH is 1. The lowest BCUT2D eigenvalue weighted by Gasteiger charge is -2.20. The van der Waals surface area contributed by atoms with E-state index in [1.165, 1.54) is 24.3 Å².